The van der Waals surface area contributed by atoms with Gasteiger partial charge in [0, 0.05) is 11.0 Å². The van der Waals surface area contributed by atoms with Gasteiger partial charge < -0.3 is 10.2 Å². The van der Waals surface area contributed by atoms with Crippen molar-refractivity contribution in [3.63, 3.8) is 0 Å². The molecule has 0 radical (unpaired) electrons. The zero-order valence-electron chi connectivity index (χ0n) is 10.9. The molecule has 0 bridgehead atoms. The number of nitrogens with one attached hydrogen (secondary N) is 1. The molecular formula is C15H12BrF3N2. The van der Waals surface area contributed by atoms with Gasteiger partial charge in [-0.05, 0) is 35.9 Å². The molecule has 0 aromatic heterocycles. The van der Waals surface area contributed by atoms with Crippen molar-refractivity contribution in [3.8, 4) is 0 Å². The monoisotopic (exact) mass is 356 g/mol. The fourth-order valence-electron chi connectivity index (χ4n) is 2.35. The van der Waals surface area contributed by atoms with Gasteiger partial charge in [-0.25, -0.2) is 0 Å². The van der Waals surface area contributed by atoms with Crippen LogP contribution in [0.15, 0.2) is 46.9 Å². The Labute approximate surface area is 128 Å². The van der Waals surface area contributed by atoms with E-state index in [0.717, 1.165) is 27.9 Å². The first-order valence-electron chi connectivity index (χ1n) is 6.38. The standard InChI is InChI=1S/C15H12BrF3N2/c16-12-4-1-10(2-5-12)8-21-9-20-13-7-11(15(17,18)19)3-6-14(13)21/h1-7,20H,8-9H2. The summed E-state index contributed by atoms with van der Waals surface area (Å²) in [5, 5.41) is 3.01. The number of hydrogen-bond acceptors (Lipinski definition) is 2. The van der Waals surface area contributed by atoms with Gasteiger partial charge in [0.05, 0.1) is 23.6 Å². The molecule has 0 spiro atoms. The Morgan fingerprint density at radius 2 is 1.81 bits per heavy atom. The number of nitrogens with zero attached hydrogens (tertiary/aromatic N) is 1. The van der Waals surface area contributed by atoms with Gasteiger partial charge in [0.1, 0.15) is 0 Å². The number of hydrogen-bond donors (Lipinski definition) is 1. The second-order valence-electron chi connectivity index (χ2n) is 4.89. The lowest BCUT2D eigenvalue weighted by atomic mass is 10.1. The first-order chi connectivity index (χ1) is 9.93. The van der Waals surface area contributed by atoms with Gasteiger partial charge in [-0.1, -0.05) is 28.1 Å². The Morgan fingerprint density at radius 3 is 2.48 bits per heavy atom. The number of rotatable bonds is 2. The van der Waals surface area contributed by atoms with Crippen LogP contribution in [-0.4, -0.2) is 6.67 Å². The minimum atomic E-state index is -4.31. The topological polar surface area (TPSA) is 15.3 Å². The maximum Gasteiger partial charge on any atom is 0.416 e. The van der Waals surface area contributed by atoms with E-state index < -0.39 is 11.7 Å². The maximum absolute atomic E-state index is 12.7. The fraction of sp³-hybridized carbons (Fsp3) is 0.200. The van der Waals surface area contributed by atoms with Crippen molar-refractivity contribution in [3.05, 3.63) is 58.1 Å². The average Bonchev–Trinajstić information content (AvgIpc) is 2.83. The average molecular weight is 357 g/mol. The molecule has 3 rings (SSSR count). The second-order valence-corrected chi connectivity index (χ2v) is 5.80. The number of alkyl halides is 3. The predicted octanol–water partition coefficient (Wildman–Crippen LogP) is 4.86. The molecule has 0 unspecified atom stereocenters. The van der Waals surface area contributed by atoms with E-state index >= 15 is 0 Å². The van der Waals surface area contributed by atoms with Crippen LogP contribution in [-0.2, 0) is 12.7 Å². The van der Waals surface area contributed by atoms with Gasteiger partial charge in [-0.3, -0.25) is 0 Å². The first kappa shape index (κ1) is 14.3. The minimum Gasteiger partial charge on any atom is -0.366 e. The molecule has 0 saturated carbocycles. The van der Waals surface area contributed by atoms with Gasteiger partial charge in [0.25, 0.3) is 0 Å². The molecule has 21 heavy (non-hydrogen) atoms. The SMILES string of the molecule is FC(F)(F)c1ccc2c(c1)NCN2Cc1ccc(Br)cc1. The van der Waals surface area contributed by atoms with Crippen LogP contribution >= 0.6 is 15.9 Å². The lowest BCUT2D eigenvalue weighted by molar-refractivity contribution is -0.137. The van der Waals surface area contributed by atoms with Gasteiger partial charge in [0.15, 0.2) is 0 Å². The molecule has 1 aliphatic heterocycles. The smallest absolute Gasteiger partial charge is 0.366 e. The first-order valence-corrected chi connectivity index (χ1v) is 7.17. The van der Waals surface area contributed by atoms with Crippen molar-refractivity contribution >= 4 is 27.3 Å². The van der Waals surface area contributed by atoms with Gasteiger partial charge in [0.2, 0.25) is 0 Å². The summed E-state index contributed by atoms with van der Waals surface area (Å²) >= 11 is 3.38. The van der Waals surface area contributed by atoms with E-state index in [1.165, 1.54) is 6.07 Å². The summed E-state index contributed by atoms with van der Waals surface area (Å²) in [5.41, 5.74) is 1.81. The third-order valence-corrected chi connectivity index (χ3v) is 3.94. The number of anilines is 2. The largest absolute Gasteiger partial charge is 0.416 e. The molecule has 2 aromatic carbocycles. The highest BCUT2D eigenvalue weighted by Gasteiger charge is 2.32. The highest BCUT2D eigenvalue weighted by Crippen LogP contribution is 2.38. The molecular weight excluding hydrogens is 345 g/mol. The Morgan fingerprint density at radius 1 is 1.10 bits per heavy atom. The van der Waals surface area contributed by atoms with E-state index in [4.69, 9.17) is 0 Å². The highest BCUT2D eigenvalue weighted by atomic mass is 79.9. The van der Waals surface area contributed by atoms with Crippen molar-refractivity contribution < 1.29 is 13.2 Å². The Balaban J connectivity index is 1.82. The summed E-state index contributed by atoms with van der Waals surface area (Å²) in [6.07, 6.45) is -4.31. The molecule has 0 amide bonds. The van der Waals surface area contributed by atoms with Crippen LogP contribution in [0.4, 0.5) is 24.5 Å². The normalized spacial score (nSPS) is 14.0. The van der Waals surface area contributed by atoms with Crippen LogP contribution < -0.4 is 10.2 Å². The van der Waals surface area contributed by atoms with Crippen molar-refractivity contribution in [2.24, 2.45) is 0 Å². The molecule has 6 heteroatoms. The number of fused-ring (bicyclic) bond motifs is 1. The molecule has 0 fully saturated rings. The summed E-state index contributed by atoms with van der Waals surface area (Å²) in [6, 6.07) is 11.7. The quantitative estimate of drug-likeness (QED) is 0.826. The van der Waals surface area contributed by atoms with E-state index in [1.807, 2.05) is 29.2 Å². The number of halogens is 4. The molecule has 0 saturated heterocycles. The van der Waals surface area contributed by atoms with Crippen molar-refractivity contribution in [2.75, 3.05) is 16.9 Å². The van der Waals surface area contributed by atoms with E-state index in [-0.39, 0.29) is 0 Å². The van der Waals surface area contributed by atoms with Crippen molar-refractivity contribution in [2.45, 2.75) is 12.7 Å². The van der Waals surface area contributed by atoms with Crippen LogP contribution in [0.3, 0.4) is 0 Å². The van der Waals surface area contributed by atoms with Gasteiger partial charge in [-0.2, -0.15) is 13.2 Å². The molecule has 1 heterocycles. The van der Waals surface area contributed by atoms with Gasteiger partial charge >= 0.3 is 6.18 Å². The second kappa shape index (κ2) is 5.26. The Bertz CT molecular complexity index is 653. The van der Waals surface area contributed by atoms with Crippen molar-refractivity contribution in [1.82, 2.24) is 0 Å². The predicted molar refractivity (Wildman–Crippen MR) is 80.3 cm³/mol. The van der Waals surface area contributed by atoms with E-state index in [1.54, 1.807) is 0 Å². The summed E-state index contributed by atoms with van der Waals surface area (Å²) in [6.45, 7) is 1.16. The summed E-state index contributed by atoms with van der Waals surface area (Å²) < 4.78 is 39.1. The third kappa shape index (κ3) is 3.00. The fourth-order valence-corrected chi connectivity index (χ4v) is 2.61. The third-order valence-electron chi connectivity index (χ3n) is 3.41. The van der Waals surface area contributed by atoms with E-state index in [2.05, 4.69) is 21.2 Å². The molecule has 110 valence electrons. The summed E-state index contributed by atoms with van der Waals surface area (Å²) in [5.74, 6) is 0. The Hall–Kier alpha value is -1.69. The lowest BCUT2D eigenvalue weighted by Gasteiger charge is -2.18. The molecule has 1 N–H and O–H groups in total. The van der Waals surface area contributed by atoms with Crippen LogP contribution in [0.5, 0.6) is 0 Å². The number of benzene rings is 2. The van der Waals surface area contributed by atoms with Crippen LogP contribution in [0, 0.1) is 0 Å². The molecule has 2 nitrogen and oxygen atoms in total. The minimum absolute atomic E-state index is 0.507. The van der Waals surface area contributed by atoms with Crippen molar-refractivity contribution in [1.29, 1.82) is 0 Å². The zero-order chi connectivity index (χ0) is 15.0. The zero-order valence-corrected chi connectivity index (χ0v) is 12.5. The highest BCUT2D eigenvalue weighted by molar-refractivity contribution is 9.10. The van der Waals surface area contributed by atoms with Crippen LogP contribution in [0.25, 0.3) is 0 Å². The molecule has 0 atom stereocenters. The molecule has 1 aliphatic rings. The van der Waals surface area contributed by atoms with Crippen LogP contribution in [0.1, 0.15) is 11.1 Å². The van der Waals surface area contributed by atoms with Crippen LogP contribution in [0.2, 0.25) is 0 Å². The maximum atomic E-state index is 12.7. The van der Waals surface area contributed by atoms with E-state index in [0.29, 0.717) is 18.9 Å². The summed E-state index contributed by atoms with van der Waals surface area (Å²) in [7, 11) is 0. The molecule has 2 aromatic rings. The molecule has 0 aliphatic carbocycles. The lowest BCUT2D eigenvalue weighted by Crippen LogP contribution is -2.21. The Kier molecular flexibility index (Phi) is 3.57. The summed E-state index contributed by atoms with van der Waals surface area (Å²) in [4.78, 5) is 2.01. The van der Waals surface area contributed by atoms with Gasteiger partial charge in [-0.15, -0.1) is 0 Å². The van der Waals surface area contributed by atoms with E-state index in [9.17, 15) is 13.2 Å².